The molecule has 1 aliphatic rings. The maximum Gasteiger partial charge on any atom is 0.233 e. The molecule has 0 N–H and O–H groups in total. The molecule has 0 aromatic heterocycles. The van der Waals surface area contributed by atoms with Crippen molar-refractivity contribution in [2.75, 3.05) is 6.54 Å². The van der Waals surface area contributed by atoms with Gasteiger partial charge in [-0.1, -0.05) is 30.3 Å². The summed E-state index contributed by atoms with van der Waals surface area (Å²) >= 11 is 0. The molecule has 0 radical (unpaired) electrons. The molecule has 5 nitrogen and oxygen atoms in total. The van der Waals surface area contributed by atoms with Crippen molar-refractivity contribution in [3.8, 4) is 0 Å². The van der Waals surface area contributed by atoms with E-state index >= 15 is 0 Å². The SMILES string of the molecule is O=C([O-])CN1C(=O)C[C@@H](Cc2ccccc2)C1=O. The monoisotopic (exact) mass is 246 g/mol. The van der Waals surface area contributed by atoms with Gasteiger partial charge in [-0.05, 0) is 12.0 Å². The van der Waals surface area contributed by atoms with Crippen LogP contribution in [0, 0.1) is 5.92 Å². The molecule has 1 heterocycles. The molecule has 0 bridgehead atoms. The number of likely N-dealkylation sites (tertiary alicyclic amines) is 1. The third-order valence-corrected chi connectivity index (χ3v) is 2.95. The maximum atomic E-state index is 11.9. The Bertz CT molecular complexity index is 483. The van der Waals surface area contributed by atoms with Crippen LogP contribution in [0.2, 0.25) is 0 Å². The molecule has 0 aliphatic carbocycles. The van der Waals surface area contributed by atoms with Gasteiger partial charge in [-0.15, -0.1) is 0 Å². The zero-order chi connectivity index (χ0) is 13.1. The summed E-state index contributed by atoms with van der Waals surface area (Å²) in [6.45, 7) is -0.650. The van der Waals surface area contributed by atoms with Crippen molar-refractivity contribution in [2.24, 2.45) is 5.92 Å². The molecule has 1 fully saturated rings. The molecule has 1 aromatic carbocycles. The van der Waals surface area contributed by atoms with Crippen LogP contribution in [0.25, 0.3) is 0 Å². The van der Waals surface area contributed by atoms with Gasteiger partial charge in [0.25, 0.3) is 0 Å². The largest absolute Gasteiger partial charge is 0.548 e. The molecule has 1 saturated heterocycles. The van der Waals surface area contributed by atoms with Crippen LogP contribution in [-0.4, -0.2) is 29.2 Å². The third kappa shape index (κ3) is 2.56. The first-order chi connectivity index (χ1) is 8.58. The normalized spacial score (nSPS) is 19.3. The van der Waals surface area contributed by atoms with Gasteiger partial charge in [0.2, 0.25) is 11.8 Å². The maximum absolute atomic E-state index is 11.9. The Morgan fingerprint density at radius 2 is 1.94 bits per heavy atom. The molecule has 1 atom stereocenters. The predicted octanol–water partition coefficient (Wildman–Crippen LogP) is -0.646. The van der Waals surface area contributed by atoms with E-state index in [1.165, 1.54) is 0 Å². The van der Waals surface area contributed by atoms with Crippen molar-refractivity contribution >= 4 is 17.8 Å². The summed E-state index contributed by atoms with van der Waals surface area (Å²) in [5, 5.41) is 10.5. The first-order valence-corrected chi connectivity index (χ1v) is 5.66. The highest BCUT2D eigenvalue weighted by Gasteiger charge is 2.38. The van der Waals surface area contributed by atoms with E-state index < -0.39 is 30.2 Å². The van der Waals surface area contributed by atoms with Gasteiger partial charge < -0.3 is 9.90 Å². The summed E-state index contributed by atoms with van der Waals surface area (Å²) < 4.78 is 0. The molecule has 0 spiro atoms. The lowest BCUT2D eigenvalue weighted by Gasteiger charge is -2.15. The highest BCUT2D eigenvalue weighted by atomic mass is 16.4. The van der Waals surface area contributed by atoms with Gasteiger partial charge in [0.15, 0.2) is 0 Å². The number of carboxylic acid groups (broad SMARTS) is 1. The molecule has 94 valence electrons. The van der Waals surface area contributed by atoms with E-state index in [2.05, 4.69) is 0 Å². The minimum Gasteiger partial charge on any atom is -0.548 e. The Kier molecular flexibility index (Phi) is 3.41. The summed E-state index contributed by atoms with van der Waals surface area (Å²) in [6.07, 6.45) is 0.524. The van der Waals surface area contributed by atoms with Crippen molar-refractivity contribution < 1.29 is 19.5 Å². The lowest BCUT2D eigenvalue weighted by molar-refractivity contribution is -0.305. The molecule has 0 saturated carbocycles. The van der Waals surface area contributed by atoms with Gasteiger partial charge in [-0.2, -0.15) is 0 Å². The average Bonchev–Trinajstić information content (AvgIpc) is 2.58. The van der Waals surface area contributed by atoms with Crippen molar-refractivity contribution in [3.05, 3.63) is 35.9 Å². The van der Waals surface area contributed by atoms with Crippen LogP contribution in [0.15, 0.2) is 30.3 Å². The number of imide groups is 1. The molecular weight excluding hydrogens is 234 g/mol. The fourth-order valence-electron chi connectivity index (χ4n) is 2.10. The van der Waals surface area contributed by atoms with E-state index in [1.807, 2.05) is 30.3 Å². The third-order valence-electron chi connectivity index (χ3n) is 2.95. The van der Waals surface area contributed by atoms with Crippen molar-refractivity contribution in [2.45, 2.75) is 12.8 Å². The van der Waals surface area contributed by atoms with Gasteiger partial charge in [0.1, 0.15) is 0 Å². The summed E-state index contributed by atoms with van der Waals surface area (Å²) in [6, 6.07) is 9.33. The Hall–Kier alpha value is -2.17. The smallest absolute Gasteiger partial charge is 0.233 e. The first kappa shape index (κ1) is 12.3. The van der Waals surface area contributed by atoms with E-state index in [-0.39, 0.29) is 6.42 Å². The summed E-state index contributed by atoms with van der Waals surface area (Å²) in [7, 11) is 0. The van der Waals surface area contributed by atoms with E-state index in [9.17, 15) is 19.5 Å². The zero-order valence-electron chi connectivity index (χ0n) is 9.67. The van der Waals surface area contributed by atoms with Crippen molar-refractivity contribution in [3.63, 3.8) is 0 Å². The van der Waals surface area contributed by atoms with Crippen molar-refractivity contribution in [1.29, 1.82) is 0 Å². The quantitative estimate of drug-likeness (QED) is 0.662. The second-order valence-electron chi connectivity index (χ2n) is 4.28. The summed E-state index contributed by atoms with van der Waals surface area (Å²) in [4.78, 5) is 34.6. The van der Waals surface area contributed by atoms with Gasteiger partial charge in [-0.3, -0.25) is 14.5 Å². The highest BCUT2D eigenvalue weighted by molar-refractivity contribution is 6.05. The predicted molar refractivity (Wildman–Crippen MR) is 60.0 cm³/mol. The number of carbonyl (C=O) groups is 3. The van der Waals surface area contributed by atoms with Crippen LogP contribution in [0.4, 0.5) is 0 Å². The topological polar surface area (TPSA) is 77.5 Å². The van der Waals surface area contributed by atoms with Crippen molar-refractivity contribution in [1.82, 2.24) is 4.90 Å². The Morgan fingerprint density at radius 1 is 1.28 bits per heavy atom. The second-order valence-corrected chi connectivity index (χ2v) is 4.28. The summed E-state index contributed by atoms with van der Waals surface area (Å²) in [5.41, 5.74) is 0.957. The van der Waals surface area contributed by atoms with Crippen LogP contribution < -0.4 is 5.11 Å². The van der Waals surface area contributed by atoms with Crippen LogP contribution in [0.1, 0.15) is 12.0 Å². The minimum atomic E-state index is -1.42. The number of carboxylic acids is 1. The number of hydrogen-bond acceptors (Lipinski definition) is 4. The highest BCUT2D eigenvalue weighted by Crippen LogP contribution is 2.23. The number of rotatable bonds is 4. The molecule has 18 heavy (non-hydrogen) atoms. The number of amides is 2. The fraction of sp³-hybridized carbons (Fsp3) is 0.308. The van der Waals surface area contributed by atoms with Crippen LogP contribution in [0.3, 0.4) is 0 Å². The number of nitrogens with zero attached hydrogens (tertiary/aromatic N) is 1. The number of carbonyl (C=O) groups excluding carboxylic acids is 3. The molecular formula is C13H12NO4-. The Morgan fingerprint density at radius 3 is 2.56 bits per heavy atom. The van der Waals surface area contributed by atoms with Gasteiger partial charge >= 0.3 is 0 Å². The minimum absolute atomic E-state index is 0.0704. The van der Waals surface area contributed by atoms with Gasteiger partial charge in [0, 0.05) is 6.42 Å². The van der Waals surface area contributed by atoms with Crippen LogP contribution in [-0.2, 0) is 20.8 Å². The Labute approximate surface area is 104 Å². The summed E-state index contributed by atoms with van der Waals surface area (Å²) in [5.74, 6) is -2.74. The molecule has 0 unspecified atom stereocenters. The molecule has 1 aromatic rings. The van der Waals surface area contributed by atoms with E-state index in [1.54, 1.807) is 0 Å². The lowest BCUT2D eigenvalue weighted by Crippen LogP contribution is -2.41. The fourth-order valence-corrected chi connectivity index (χ4v) is 2.10. The first-order valence-electron chi connectivity index (χ1n) is 5.66. The van der Waals surface area contributed by atoms with E-state index in [0.717, 1.165) is 10.5 Å². The van der Waals surface area contributed by atoms with Crippen LogP contribution in [0.5, 0.6) is 0 Å². The van der Waals surface area contributed by atoms with E-state index in [4.69, 9.17) is 0 Å². The molecule has 1 aliphatic heterocycles. The van der Waals surface area contributed by atoms with Gasteiger partial charge in [-0.25, -0.2) is 0 Å². The molecule has 5 heteroatoms. The van der Waals surface area contributed by atoms with Gasteiger partial charge in [0.05, 0.1) is 18.4 Å². The van der Waals surface area contributed by atoms with Crippen LogP contribution >= 0.6 is 0 Å². The number of benzene rings is 1. The second kappa shape index (κ2) is 5.00. The number of hydrogen-bond donors (Lipinski definition) is 0. The molecule has 2 rings (SSSR count). The zero-order valence-corrected chi connectivity index (χ0v) is 9.67. The lowest BCUT2D eigenvalue weighted by atomic mass is 9.98. The Balaban J connectivity index is 2.06. The standard InChI is InChI=1S/C13H13NO4/c15-11-7-10(6-9-4-2-1-3-5-9)13(18)14(11)8-12(16)17/h1-5,10H,6-8H2,(H,16,17)/p-1/t10-/m1/s1. The van der Waals surface area contributed by atoms with E-state index in [0.29, 0.717) is 6.42 Å². The number of aliphatic carboxylic acids is 1. The average molecular weight is 246 g/mol. The molecule has 2 amide bonds.